The van der Waals surface area contributed by atoms with Crippen molar-refractivity contribution < 1.29 is 18.3 Å². The molecule has 9 heteroatoms. The van der Waals surface area contributed by atoms with Crippen molar-refractivity contribution in [1.82, 2.24) is 20.1 Å². The summed E-state index contributed by atoms with van der Waals surface area (Å²) in [6, 6.07) is 2.65. The van der Waals surface area contributed by atoms with Crippen LogP contribution in [0.4, 0.5) is 19.1 Å². The number of phenolic OH excluding ortho intramolecular Hbond substituents is 1. The minimum atomic E-state index is -4.52. The number of phenols is 1. The molecule has 1 aliphatic carbocycles. The highest BCUT2D eigenvalue weighted by atomic mass is 19.4. The number of aryl methyl sites for hydroxylation is 1. The van der Waals surface area contributed by atoms with Crippen LogP contribution >= 0.6 is 0 Å². The third kappa shape index (κ3) is 4.04. The standard InChI is InChI=1S/C19H22F3N5O/c1-11-7-12(19(20,21)22)8-16(28)17(11)15-9-23-18(26-25-15)24-13-3-2-6-27(10-13)14-4-5-14/h7-9,13-14,28H,2-6,10H2,1H3,(H,23,24,26). The molecule has 1 aromatic carbocycles. The Morgan fingerprint density at radius 3 is 2.57 bits per heavy atom. The van der Waals surface area contributed by atoms with Crippen molar-refractivity contribution in [2.24, 2.45) is 0 Å². The summed E-state index contributed by atoms with van der Waals surface area (Å²) >= 11 is 0. The molecule has 1 saturated carbocycles. The number of halogens is 3. The Bertz CT molecular complexity index is 829. The van der Waals surface area contributed by atoms with Crippen molar-refractivity contribution >= 4 is 5.95 Å². The summed E-state index contributed by atoms with van der Waals surface area (Å²) in [5.41, 5.74) is -0.200. The predicted molar refractivity (Wildman–Crippen MR) is 97.9 cm³/mol. The molecular formula is C19H22F3N5O. The van der Waals surface area contributed by atoms with E-state index in [1.807, 2.05) is 0 Å². The van der Waals surface area contributed by atoms with Crippen molar-refractivity contribution in [3.8, 4) is 17.0 Å². The first kappa shape index (κ1) is 18.9. The van der Waals surface area contributed by atoms with Crippen LogP contribution in [-0.4, -0.2) is 50.4 Å². The van der Waals surface area contributed by atoms with Gasteiger partial charge in [0.05, 0.1) is 11.8 Å². The largest absolute Gasteiger partial charge is 0.507 e. The van der Waals surface area contributed by atoms with Crippen LogP contribution in [0.2, 0.25) is 0 Å². The van der Waals surface area contributed by atoms with Crippen LogP contribution < -0.4 is 5.32 Å². The highest BCUT2D eigenvalue weighted by Gasteiger charge is 2.33. The summed E-state index contributed by atoms with van der Waals surface area (Å²) in [5, 5.41) is 21.5. The highest BCUT2D eigenvalue weighted by Crippen LogP contribution is 2.38. The molecule has 150 valence electrons. The number of nitrogens with one attached hydrogen (secondary N) is 1. The quantitative estimate of drug-likeness (QED) is 0.827. The maximum atomic E-state index is 12.9. The fraction of sp³-hybridized carbons (Fsp3) is 0.526. The molecule has 1 aliphatic heterocycles. The van der Waals surface area contributed by atoms with Gasteiger partial charge in [0.2, 0.25) is 5.95 Å². The van der Waals surface area contributed by atoms with Gasteiger partial charge in [-0.25, -0.2) is 4.98 Å². The van der Waals surface area contributed by atoms with Gasteiger partial charge in [-0.2, -0.15) is 13.2 Å². The number of rotatable bonds is 4. The maximum absolute atomic E-state index is 12.9. The Hall–Kier alpha value is -2.42. The fourth-order valence-electron chi connectivity index (χ4n) is 3.80. The lowest BCUT2D eigenvalue weighted by Gasteiger charge is -2.33. The van der Waals surface area contributed by atoms with E-state index in [1.165, 1.54) is 26.0 Å². The number of benzene rings is 1. The monoisotopic (exact) mass is 393 g/mol. The lowest BCUT2D eigenvalue weighted by molar-refractivity contribution is -0.137. The number of hydrogen-bond acceptors (Lipinski definition) is 6. The molecule has 1 atom stereocenters. The summed E-state index contributed by atoms with van der Waals surface area (Å²) in [5.74, 6) is -0.105. The zero-order valence-corrected chi connectivity index (χ0v) is 15.5. The van der Waals surface area contributed by atoms with Gasteiger partial charge in [-0.3, -0.25) is 4.90 Å². The molecule has 2 aromatic rings. The van der Waals surface area contributed by atoms with E-state index in [4.69, 9.17) is 0 Å². The molecule has 2 N–H and O–H groups in total. The van der Waals surface area contributed by atoms with Gasteiger partial charge in [0.25, 0.3) is 0 Å². The van der Waals surface area contributed by atoms with Crippen LogP contribution in [0.25, 0.3) is 11.3 Å². The number of aromatic hydroxyl groups is 1. The summed E-state index contributed by atoms with van der Waals surface area (Å²) < 4.78 is 38.6. The van der Waals surface area contributed by atoms with E-state index in [1.54, 1.807) is 0 Å². The van der Waals surface area contributed by atoms with Gasteiger partial charge in [-0.15, -0.1) is 10.2 Å². The number of hydrogen-bond donors (Lipinski definition) is 2. The summed E-state index contributed by atoms with van der Waals surface area (Å²) in [6.07, 6.45) is 1.61. The van der Waals surface area contributed by atoms with Crippen molar-refractivity contribution in [1.29, 1.82) is 0 Å². The van der Waals surface area contributed by atoms with Gasteiger partial charge in [-0.05, 0) is 56.8 Å². The molecular weight excluding hydrogens is 371 g/mol. The van der Waals surface area contributed by atoms with Crippen LogP contribution in [0.15, 0.2) is 18.3 Å². The number of piperidine rings is 1. The molecule has 0 spiro atoms. The third-order valence-electron chi connectivity index (χ3n) is 5.31. The first-order valence-corrected chi connectivity index (χ1v) is 9.43. The molecule has 2 heterocycles. The van der Waals surface area contributed by atoms with Crippen molar-refractivity contribution in [2.75, 3.05) is 18.4 Å². The number of alkyl halides is 3. The van der Waals surface area contributed by atoms with E-state index in [0.717, 1.165) is 38.0 Å². The highest BCUT2D eigenvalue weighted by molar-refractivity contribution is 5.70. The van der Waals surface area contributed by atoms with E-state index in [0.29, 0.717) is 12.0 Å². The SMILES string of the molecule is Cc1cc(C(F)(F)F)cc(O)c1-c1cnc(NC2CCCN(C3CC3)C2)nn1. The molecule has 2 aliphatic rings. The van der Waals surface area contributed by atoms with Gasteiger partial charge in [-0.1, -0.05) is 0 Å². The van der Waals surface area contributed by atoms with Crippen LogP contribution in [0.1, 0.15) is 36.8 Å². The molecule has 2 fully saturated rings. The van der Waals surface area contributed by atoms with Gasteiger partial charge >= 0.3 is 6.18 Å². The van der Waals surface area contributed by atoms with E-state index >= 15 is 0 Å². The second-order valence-electron chi connectivity index (χ2n) is 7.56. The van der Waals surface area contributed by atoms with Crippen LogP contribution in [0, 0.1) is 6.92 Å². The first-order valence-electron chi connectivity index (χ1n) is 9.43. The second-order valence-corrected chi connectivity index (χ2v) is 7.56. The van der Waals surface area contributed by atoms with Gasteiger partial charge < -0.3 is 10.4 Å². The van der Waals surface area contributed by atoms with Gasteiger partial charge in [0, 0.05) is 24.2 Å². The Kier molecular flexibility index (Phi) is 4.86. The fourth-order valence-corrected chi connectivity index (χ4v) is 3.80. The topological polar surface area (TPSA) is 74.2 Å². The molecule has 1 saturated heterocycles. The minimum Gasteiger partial charge on any atom is -0.507 e. The van der Waals surface area contributed by atoms with E-state index in [-0.39, 0.29) is 22.9 Å². The average Bonchev–Trinajstić information content (AvgIpc) is 3.47. The van der Waals surface area contributed by atoms with E-state index in [9.17, 15) is 18.3 Å². The molecule has 0 radical (unpaired) electrons. The average molecular weight is 393 g/mol. The maximum Gasteiger partial charge on any atom is 0.416 e. The lowest BCUT2D eigenvalue weighted by atomic mass is 10.0. The van der Waals surface area contributed by atoms with Crippen LogP contribution in [0.5, 0.6) is 5.75 Å². The zero-order valence-electron chi connectivity index (χ0n) is 15.5. The third-order valence-corrected chi connectivity index (χ3v) is 5.31. The normalized spacial score (nSPS) is 20.9. The summed E-state index contributed by atoms with van der Waals surface area (Å²) in [4.78, 5) is 6.74. The predicted octanol–water partition coefficient (Wildman–Crippen LogP) is 3.61. The first-order chi connectivity index (χ1) is 13.3. The smallest absolute Gasteiger partial charge is 0.416 e. The molecule has 1 unspecified atom stereocenters. The molecule has 1 aromatic heterocycles. The number of aromatic nitrogens is 3. The molecule has 0 amide bonds. The number of likely N-dealkylation sites (tertiary alicyclic amines) is 1. The number of nitrogens with zero attached hydrogens (tertiary/aromatic N) is 4. The van der Waals surface area contributed by atoms with Gasteiger partial charge in [0.15, 0.2) is 0 Å². The zero-order chi connectivity index (χ0) is 19.9. The minimum absolute atomic E-state index is 0.206. The van der Waals surface area contributed by atoms with E-state index in [2.05, 4.69) is 25.4 Å². The van der Waals surface area contributed by atoms with Crippen molar-refractivity contribution in [3.63, 3.8) is 0 Å². The van der Waals surface area contributed by atoms with Gasteiger partial charge in [0.1, 0.15) is 11.4 Å². The molecule has 4 rings (SSSR count). The Balaban J connectivity index is 1.49. The molecule has 0 bridgehead atoms. The van der Waals surface area contributed by atoms with Crippen LogP contribution in [-0.2, 0) is 6.18 Å². The number of anilines is 1. The second kappa shape index (κ2) is 7.20. The van der Waals surface area contributed by atoms with E-state index < -0.39 is 17.5 Å². The summed E-state index contributed by atoms with van der Waals surface area (Å²) in [6.45, 7) is 3.58. The van der Waals surface area contributed by atoms with Crippen molar-refractivity contribution in [2.45, 2.75) is 50.9 Å². The summed E-state index contributed by atoms with van der Waals surface area (Å²) in [7, 11) is 0. The Morgan fingerprint density at radius 1 is 1.18 bits per heavy atom. The Labute approximate surface area is 160 Å². The molecule has 6 nitrogen and oxygen atoms in total. The van der Waals surface area contributed by atoms with Crippen molar-refractivity contribution in [3.05, 3.63) is 29.5 Å². The lowest BCUT2D eigenvalue weighted by Crippen LogP contribution is -2.43. The Morgan fingerprint density at radius 2 is 1.96 bits per heavy atom. The molecule has 28 heavy (non-hydrogen) atoms. The van der Waals surface area contributed by atoms with Crippen LogP contribution in [0.3, 0.4) is 0 Å².